The summed E-state index contributed by atoms with van der Waals surface area (Å²) in [5.41, 5.74) is 0. The van der Waals surface area contributed by atoms with Gasteiger partial charge in [0.1, 0.15) is 12.7 Å². The van der Waals surface area contributed by atoms with Crippen LogP contribution in [0.4, 0.5) is 0 Å². The van der Waals surface area contributed by atoms with Crippen LogP contribution in [0.2, 0.25) is 0 Å². The molecule has 0 unspecified atom stereocenters. The fourth-order valence-corrected chi connectivity index (χ4v) is 3.71. The van der Waals surface area contributed by atoms with Crippen LogP contribution < -0.4 is 14.8 Å². The zero-order chi connectivity index (χ0) is 17.2. The van der Waals surface area contributed by atoms with Gasteiger partial charge in [0.05, 0.1) is 11.8 Å². The minimum Gasteiger partial charge on any atom is -0.486 e. The molecule has 0 radical (unpaired) electrons. The van der Waals surface area contributed by atoms with Gasteiger partial charge in [-0.3, -0.25) is 4.79 Å². The Morgan fingerprint density at radius 1 is 1.40 bits per heavy atom. The molecular formula is C18H21N3O3S. The minimum absolute atomic E-state index is 0.0159. The molecule has 25 heavy (non-hydrogen) atoms. The van der Waals surface area contributed by atoms with Crippen molar-refractivity contribution in [1.82, 2.24) is 14.9 Å². The fourth-order valence-electron chi connectivity index (χ4n) is 2.75. The maximum Gasteiger partial charge on any atom is 0.233 e. The van der Waals surface area contributed by atoms with Gasteiger partial charge in [-0.05, 0) is 31.9 Å². The summed E-state index contributed by atoms with van der Waals surface area (Å²) in [6, 6.07) is 8.14. The number of carbonyl (C=O) groups is 1. The lowest BCUT2D eigenvalue weighted by Gasteiger charge is -2.26. The smallest absolute Gasteiger partial charge is 0.233 e. The molecule has 2 atom stereocenters. The molecule has 1 fully saturated rings. The topological polar surface area (TPSA) is 65.4 Å². The Labute approximate surface area is 150 Å². The van der Waals surface area contributed by atoms with E-state index in [-0.39, 0.29) is 17.3 Å². The summed E-state index contributed by atoms with van der Waals surface area (Å²) in [7, 11) is 0. The fraction of sp³-hybridized carbons (Fsp3) is 0.444. The van der Waals surface area contributed by atoms with Gasteiger partial charge in [0.2, 0.25) is 5.91 Å². The molecule has 2 aliphatic rings. The van der Waals surface area contributed by atoms with Gasteiger partial charge in [0.25, 0.3) is 0 Å². The molecule has 2 heterocycles. The Balaban J connectivity index is 1.28. The van der Waals surface area contributed by atoms with E-state index >= 15 is 0 Å². The highest BCUT2D eigenvalue weighted by Crippen LogP contribution is 2.38. The molecule has 0 saturated heterocycles. The number of aromatic nitrogens is 2. The van der Waals surface area contributed by atoms with E-state index < -0.39 is 0 Å². The predicted molar refractivity (Wildman–Crippen MR) is 95.2 cm³/mol. The van der Waals surface area contributed by atoms with E-state index in [9.17, 15) is 4.79 Å². The largest absolute Gasteiger partial charge is 0.486 e. The second-order valence-corrected chi connectivity index (χ2v) is 7.66. The lowest BCUT2D eigenvalue weighted by Crippen LogP contribution is -2.42. The van der Waals surface area contributed by atoms with Crippen LogP contribution in [0, 0.1) is 0 Å². The third-order valence-electron chi connectivity index (χ3n) is 4.30. The van der Waals surface area contributed by atoms with Gasteiger partial charge in [-0.25, -0.2) is 4.98 Å². The zero-order valence-electron chi connectivity index (χ0n) is 14.1. The van der Waals surface area contributed by atoms with Crippen molar-refractivity contribution in [1.29, 1.82) is 0 Å². The Bertz CT molecular complexity index is 760. The number of carbonyl (C=O) groups excluding carboxylic acids is 1. The van der Waals surface area contributed by atoms with E-state index in [1.807, 2.05) is 37.4 Å². The number of para-hydroxylation sites is 2. The average Bonchev–Trinajstić information content (AvgIpc) is 3.38. The third kappa shape index (κ3) is 3.76. The van der Waals surface area contributed by atoms with E-state index in [4.69, 9.17) is 9.47 Å². The maximum absolute atomic E-state index is 12.4. The van der Waals surface area contributed by atoms with Crippen LogP contribution in [-0.2, 0) is 4.79 Å². The van der Waals surface area contributed by atoms with Gasteiger partial charge in [0, 0.05) is 18.4 Å². The highest BCUT2D eigenvalue weighted by Gasteiger charge is 2.27. The van der Waals surface area contributed by atoms with Gasteiger partial charge in [-0.2, -0.15) is 0 Å². The zero-order valence-corrected chi connectivity index (χ0v) is 14.9. The first-order valence-corrected chi connectivity index (χ1v) is 9.44. The predicted octanol–water partition coefficient (Wildman–Crippen LogP) is 2.65. The number of fused-ring (bicyclic) bond motifs is 1. The van der Waals surface area contributed by atoms with Crippen molar-refractivity contribution in [3.63, 3.8) is 0 Å². The summed E-state index contributed by atoms with van der Waals surface area (Å²) in [5, 5.41) is 3.66. The van der Waals surface area contributed by atoms with Gasteiger partial charge < -0.3 is 19.4 Å². The second-order valence-electron chi connectivity index (χ2n) is 6.35. The molecular weight excluding hydrogens is 338 g/mol. The molecule has 1 saturated carbocycles. The van der Waals surface area contributed by atoms with Gasteiger partial charge >= 0.3 is 0 Å². The van der Waals surface area contributed by atoms with Crippen molar-refractivity contribution in [2.24, 2.45) is 0 Å². The molecule has 7 heteroatoms. The molecule has 4 rings (SSSR count). The molecule has 6 nitrogen and oxygen atoms in total. The molecule has 1 amide bonds. The number of nitrogens with zero attached hydrogens (tertiary/aromatic N) is 2. The Kier molecular flexibility index (Phi) is 4.57. The van der Waals surface area contributed by atoms with Gasteiger partial charge in [0.15, 0.2) is 16.7 Å². The Morgan fingerprint density at radius 2 is 2.20 bits per heavy atom. The summed E-state index contributed by atoms with van der Waals surface area (Å²) in [5.74, 6) is 1.46. The number of nitrogens with one attached hydrogen (secondary N) is 1. The van der Waals surface area contributed by atoms with Gasteiger partial charge in [-0.15, -0.1) is 0 Å². The quantitative estimate of drug-likeness (QED) is 0.804. The SMILES string of the molecule is C[C@@H](Sc1nccn1C1CC1)C(=O)NC[C@H]1COc2ccccc2O1. The summed E-state index contributed by atoms with van der Waals surface area (Å²) in [4.78, 5) is 16.8. The number of thioether (sulfide) groups is 1. The number of imidazole rings is 1. The molecule has 132 valence electrons. The number of ether oxygens (including phenoxy) is 2. The number of rotatable bonds is 6. The highest BCUT2D eigenvalue weighted by molar-refractivity contribution is 8.00. The van der Waals surface area contributed by atoms with E-state index in [0.717, 1.165) is 16.7 Å². The van der Waals surface area contributed by atoms with E-state index in [0.29, 0.717) is 19.2 Å². The molecule has 2 aromatic rings. The normalized spacial score (nSPS) is 20.1. The van der Waals surface area contributed by atoms with Crippen molar-refractivity contribution in [3.8, 4) is 11.5 Å². The number of hydrogen-bond donors (Lipinski definition) is 1. The van der Waals surface area contributed by atoms with Crippen LogP contribution >= 0.6 is 11.8 Å². The van der Waals surface area contributed by atoms with Crippen LogP contribution in [-0.4, -0.2) is 40.0 Å². The van der Waals surface area contributed by atoms with E-state index in [1.165, 1.54) is 24.6 Å². The van der Waals surface area contributed by atoms with Crippen molar-refractivity contribution in [2.45, 2.75) is 42.3 Å². The van der Waals surface area contributed by atoms with Crippen LogP contribution in [0.3, 0.4) is 0 Å². The first kappa shape index (κ1) is 16.3. The molecule has 1 aromatic carbocycles. The lowest BCUT2D eigenvalue weighted by atomic mass is 10.2. The summed E-state index contributed by atoms with van der Waals surface area (Å²) >= 11 is 1.50. The second kappa shape index (κ2) is 7.00. The minimum atomic E-state index is -0.211. The van der Waals surface area contributed by atoms with Gasteiger partial charge in [-0.1, -0.05) is 23.9 Å². The molecule has 0 bridgehead atoms. The molecule has 1 N–H and O–H groups in total. The van der Waals surface area contributed by atoms with E-state index in [1.54, 1.807) is 6.20 Å². The first-order chi connectivity index (χ1) is 12.2. The lowest BCUT2D eigenvalue weighted by molar-refractivity contribution is -0.120. The molecule has 1 aliphatic heterocycles. The van der Waals surface area contributed by atoms with E-state index in [2.05, 4.69) is 14.9 Å². The van der Waals surface area contributed by atoms with Crippen LogP contribution in [0.15, 0.2) is 41.8 Å². The Morgan fingerprint density at radius 3 is 3.00 bits per heavy atom. The standard InChI is InChI=1S/C18H21N3O3S/c1-12(25-18-19-8-9-21(18)13-6-7-13)17(22)20-10-14-11-23-15-4-2-3-5-16(15)24-14/h2-5,8-9,12-14H,6-7,10-11H2,1H3,(H,20,22)/t12-,14+/m1/s1. The summed E-state index contributed by atoms with van der Waals surface area (Å²) in [6.45, 7) is 2.76. The molecule has 1 aromatic heterocycles. The monoisotopic (exact) mass is 359 g/mol. The van der Waals surface area contributed by atoms with Crippen molar-refractivity contribution in [2.75, 3.05) is 13.2 Å². The van der Waals surface area contributed by atoms with Crippen LogP contribution in [0.5, 0.6) is 11.5 Å². The number of amides is 1. The number of hydrogen-bond acceptors (Lipinski definition) is 5. The summed E-state index contributed by atoms with van der Waals surface area (Å²) in [6.07, 6.45) is 6.02. The number of benzene rings is 1. The summed E-state index contributed by atoms with van der Waals surface area (Å²) < 4.78 is 13.7. The van der Waals surface area contributed by atoms with Crippen molar-refractivity contribution in [3.05, 3.63) is 36.7 Å². The average molecular weight is 359 g/mol. The Hall–Kier alpha value is -2.15. The maximum atomic E-state index is 12.4. The van der Waals surface area contributed by atoms with Crippen molar-refractivity contribution < 1.29 is 14.3 Å². The first-order valence-electron chi connectivity index (χ1n) is 8.56. The van der Waals surface area contributed by atoms with Crippen molar-refractivity contribution >= 4 is 17.7 Å². The third-order valence-corrected chi connectivity index (χ3v) is 5.39. The highest BCUT2D eigenvalue weighted by atomic mass is 32.2. The molecule has 0 spiro atoms. The van der Waals surface area contributed by atoms with Crippen LogP contribution in [0.1, 0.15) is 25.8 Å². The van der Waals surface area contributed by atoms with Crippen LogP contribution in [0.25, 0.3) is 0 Å². The molecule has 1 aliphatic carbocycles.